The minimum atomic E-state index is -0.334. The van der Waals surface area contributed by atoms with Gasteiger partial charge < -0.3 is 5.73 Å². The van der Waals surface area contributed by atoms with Crippen LogP contribution in [0, 0.1) is 5.82 Å². The summed E-state index contributed by atoms with van der Waals surface area (Å²) in [5.41, 5.74) is 6.65. The monoisotopic (exact) mass is 192 g/mol. The predicted molar refractivity (Wildman–Crippen MR) is 50.8 cm³/mol. The quantitative estimate of drug-likeness (QED) is 0.738. The Bertz CT molecular complexity index is 444. The lowest BCUT2D eigenvalue weighted by Crippen LogP contribution is -1.96. The van der Waals surface area contributed by atoms with Crippen LogP contribution in [0.15, 0.2) is 24.4 Å². The molecule has 72 valence electrons. The first-order valence-electron chi connectivity index (χ1n) is 4.08. The maximum atomic E-state index is 12.9. The topological polar surface area (TPSA) is 56.7 Å². The zero-order valence-corrected chi connectivity index (χ0v) is 7.61. The Labute approximate surface area is 80.2 Å². The van der Waals surface area contributed by atoms with Crippen molar-refractivity contribution in [3.63, 3.8) is 0 Å². The molecule has 0 amide bonds. The van der Waals surface area contributed by atoms with E-state index in [-0.39, 0.29) is 5.82 Å². The molecule has 2 aromatic heterocycles. The Balaban J connectivity index is 2.49. The van der Waals surface area contributed by atoms with E-state index in [0.29, 0.717) is 17.2 Å². The molecule has 0 atom stereocenters. The lowest BCUT2D eigenvalue weighted by atomic mass is 10.3. The van der Waals surface area contributed by atoms with Crippen LogP contribution in [-0.2, 0) is 7.05 Å². The summed E-state index contributed by atoms with van der Waals surface area (Å²) in [6.45, 7) is 0. The summed E-state index contributed by atoms with van der Waals surface area (Å²) in [7, 11) is 1.72. The zero-order valence-electron chi connectivity index (χ0n) is 7.61. The molecule has 4 nitrogen and oxygen atoms in total. The molecule has 0 saturated carbocycles. The van der Waals surface area contributed by atoms with Crippen molar-refractivity contribution in [2.75, 3.05) is 5.73 Å². The molecule has 0 aromatic carbocycles. The summed E-state index contributed by atoms with van der Waals surface area (Å²) in [4.78, 5) is 3.99. The van der Waals surface area contributed by atoms with Crippen LogP contribution in [-0.4, -0.2) is 14.8 Å². The average molecular weight is 192 g/mol. The van der Waals surface area contributed by atoms with Gasteiger partial charge in [0.2, 0.25) is 0 Å². The molecule has 2 heterocycles. The van der Waals surface area contributed by atoms with Gasteiger partial charge in [-0.25, -0.2) is 4.39 Å². The number of halogens is 1. The fourth-order valence-corrected chi connectivity index (χ4v) is 1.15. The maximum Gasteiger partial charge on any atom is 0.126 e. The van der Waals surface area contributed by atoms with Crippen LogP contribution in [0.2, 0.25) is 0 Å². The molecule has 0 fully saturated rings. The maximum absolute atomic E-state index is 12.9. The van der Waals surface area contributed by atoms with Crippen molar-refractivity contribution < 1.29 is 4.39 Å². The third-order valence-corrected chi connectivity index (χ3v) is 1.90. The largest absolute Gasteiger partial charge is 0.384 e. The second-order valence-corrected chi connectivity index (χ2v) is 2.94. The molecule has 0 aliphatic carbocycles. The molecule has 2 rings (SSSR count). The first-order chi connectivity index (χ1) is 6.66. The van der Waals surface area contributed by atoms with E-state index in [1.165, 1.54) is 23.0 Å². The molecular weight excluding hydrogens is 183 g/mol. The van der Waals surface area contributed by atoms with Gasteiger partial charge in [0.1, 0.15) is 17.3 Å². The Hall–Kier alpha value is -1.91. The van der Waals surface area contributed by atoms with E-state index in [4.69, 9.17) is 5.73 Å². The fraction of sp³-hybridized carbons (Fsp3) is 0.111. The molecule has 0 radical (unpaired) electrons. The summed E-state index contributed by atoms with van der Waals surface area (Å²) in [5.74, 6) is 0.185. The number of nitrogens with zero attached hydrogens (tertiary/aromatic N) is 3. The second-order valence-electron chi connectivity index (χ2n) is 2.94. The van der Waals surface area contributed by atoms with Crippen molar-refractivity contribution in [3.05, 3.63) is 30.2 Å². The molecular formula is C9H9FN4. The number of aromatic nitrogens is 3. The highest BCUT2D eigenvalue weighted by Crippen LogP contribution is 2.17. The Morgan fingerprint density at radius 1 is 1.36 bits per heavy atom. The van der Waals surface area contributed by atoms with E-state index >= 15 is 0 Å². The lowest BCUT2D eigenvalue weighted by molar-refractivity contribution is 0.626. The van der Waals surface area contributed by atoms with Gasteiger partial charge in [0.15, 0.2) is 0 Å². The Kier molecular flexibility index (Phi) is 1.92. The minimum absolute atomic E-state index is 0.334. The number of pyridine rings is 1. The van der Waals surface area contributed by atoms with Gasteiger partial charge in [-0.2, -0.15) is 5.10 Å². The molecule has 0 unspecified atom stereocenters. The van der Waals surface area contributed by atoms with Crippen LogP contribution >= 0.6 is 0 Å². The first-order valence-corrected chi connectivity index (χ1v) is 4.08. The van der Waals surface area contributed by atoms with Crippen LogP contribution in [0.25, 0.3) is 11.4 Å². The summed E-state index contributed by atoms with van der Waals surface area (Å²) in [5, 5.41) is 4.08. The van der Waals surface area contributed by atoms with Gasteiger partial charge in [-0.15, -0.1) is 0 Å². The number of hydrogen-bond donors (Lipinski definition) is 1. The van der Waals surface area contributed by atoms with E-state index in [1.54, 1.807) is 13.1 Å². The third-order valence-electron chi connectivity index (χ3n) is 1.90. The van der Waals surface area contributed by atoms with Gasteiger partial charge in [-0.3, -0.25) is 9.67 Å². The van der Waals surface area contributed by atoms with Gasteiger partial charge in [-0.05, 0) is 6.07 Å². The minimum Gasteiger partial charge on any atom is -0.384 e. The van der Waals surface area contributed by atoms with Gasteiger partial charge >= 0.3 is 0 Å². The lowest BCUT2D eigenvalue weighted by Gasteiger charge is -1.94. The van der Waals surface area contributed by atoms with Gasteiger partial charge in [0.25, 0.3) is 0 Å². The van der Waals surface area contributed by atoms with Crippen LogP contribution < -0.4 is 5.73 Å². The normalized spacial score (nSPS) is 10.4. The molecule has 0 spiro atoms. The Morgan fingerprint density at radius 2 is 2.14 bits per heavy atom. The smallest absolute Gasteiger partial charge is 0.126 e. The average Bonchev–Trinajstić information content (AvgIpc) is 2.47. The van der Waals surface area contributed by atoms with Crippen molar-refractivity contribution in [3.8, 4) is 11.4 Å². The highest BCUT2D eigenvalue weighted by atomic mass is 19.1. The van der Waals surface area contributed by atoms with E-state index in [9.17, 15) is 4.39 Å². The standard InChI is InChI=1S/C9H9FN4/c1-14-9(11)5-8(13-14)7-4-6(10)2-3-12-7/h2-5H,11H2,1H3. The number of aryl methyl sites for hydroxylation is 1. The zero-order chi connectivity index (χ0) is 10.1. The van der Waals surface area contributed by atoms with E-state index in [1.807, 2.05) is 0 Å². The molecule has 2 aromatic rings. The van der Waals surface area contributed by atoms with Crippen molar-refractivity contribution in [1.82, 2.24) is 14.8 Å². The van der Waals surface area contributed by atoms with Crippen molar-refractivity contribution in [2.45, 2.75) is 0 Å². The van der Waals surface area contributed by atoms with Crippen LogP contribution in [0.5, 0.6) is 0 Å². The van der Waals surface area contributed by atoms with E-state index in [2.05, 4.69) is 10.1 Å². The number of hydrogen-bond acceptors (Lipinski definition) is 3. The van der Waals surface area contributed by atoms with Gasteiger partial charge in [0, 0.05) is 25.4 Å². The Morgan fingerprint density at radius 3 is 2.71 bits per heavy atom. The fourth-order valence-electron chi connectivity index (χ4n) is 1.15. The molecule has 0 aliphatic heterocycles. The predicted octanol–water partition coefficient (Wildman–Crippen LogP) is 1.20. The van der Waals surface area contributed by atoms with Crippen molar-refractivity contribution in [1.29, 1.82) is 0 Å². The summed E-state index contributed by atoms with van der Waals surface area (Å²) in [6.07, 6.45) is 1.40. The number of anilines is 1. The van der Waals surface area contributed by atoms with E-state index in [0.717, 1.165) is 0 Å². The SMILES string of the molecule is Cn1nc(-c2cc(F)ccn2)cc1N. The van der Waals surface area contributed by atoms with Crippen molar-refractivity contribution >= 4 is 5.82 Å². The highest BCUT2D eigenvalue weighted by molar-refractivity contribution is 5.57. The number of rotatable bonds is 1. The summed E-state index contributed by atoms with van der Waals surface area (Å²) < 4.78 is 14.4. The summed E-state index contributed by atoms with van der Waals surface area (Å²) >= 11 is 0. The number of nitrogens with two attached hydrogens (primary N) is 1. The molecule has 0 bridgehead atoms. The third kappa shape index (κ3) is 1.44. The van der Waals surface area contributed by atoms with Gasteiger partial charge in [-0.1, -0.05) is 0 Å². The van der Waals surface area contributed by atoms with Crippen molar-refractivity contribution in [2.24, 2.45) is 7.05 Å². The van der Waals surface area contributed by atoms with Crippen LogP contribution in [0.1, 0.15) is 0 Å². The second kappa shape index (κ2) is 3.10. The molecule has 0 aliphatic rings. The molecule has 0 saturated heterocycles. The van der Waals surface area contributed by atoms with E-state index < -0.39 is 0 Å². The van der Waals surface area contributed by atoms with Crippen LogP contribution in [0.4, 0.5) is 10.2 Å². The summed E-state index contributed by atoms with van der Waals surface area (Å²) in [6, 6.07) is 4.26. The molecule has 5 heteroatoms. The number of nitrogen functional groups attached to an aromatic ring is 1. The molecule has 2 N–H and O–H groups in total. The highest BCUT2D eigenvalue weighted by Gasteiger charge is 2.06. The van der Waals surface area contributed by atoms with Crippen LogP contribution in [0.3, 0.4) is 0 Å². The molecule has 14 heavy (non-hydrogen) atoms. The first kappa shape index (κ1) is 8.68. The van der Waals surface area contributed by atoms with Gasteiger partial charge in [0.05, 0.1) is 5.69 Å².